The smallest absolute Gasteiger partial charge is 0.230 e. The number of nitrogens with zero attached hydrogens (tertiary/aromatic N) is 4. The predicted octanol–water partition coefficient (Wildman–Crippen LogP) is 1.31. The van der Waals surface area contributed by atoms with Crippen molar-refractivity contribution in [1.82, 2.24) is 25.1 Å². The zero-order chi connectivity index (χ0) is 14.9. The van der Waals surface area contributed by atoms with Crippen LogP contribution < -0.4 is 5.32 Å². The topological polar surface area (TPSA) is 72.7 Å². The second-order valence-corrected chi connectivity index (χ2v) is 5.20. The van der Waals surface area contributed by atoms with Crippen LogP contribution in [-0.2, 0) is 17.8 Å². The molecule has 0 aliphatic carbocycles. The fourth-order valence-corrected chi connectivity index (χ4v) is 2.43. The van der Waals surface area contributed by atoms with Crippen LogP contribution in [0, 0.1) is 0 Å². The zero-order valence-corrected chi connectivity index (χ0v) is 12.4. The van der Waals surface area contributed by atoms with Crippen molar-refractivity contribution in [2.24, 2.45) is 0 Å². The van der Waals surface area contributed by atoms with Crippen molar-refractivity contribution in [2.45, 2.75) is 18.1 Å². The van der Waals surface area contributed by atoms with Crippen LogP contribution in [0.3, 0.4) is 0 Å². The van der Waals surface area contributed by atoms with E-state index >= 15 is 0 Å². The summed E-state index contributed by atoms with van der Waals surface area (Å²) in [4.78, 5) is 15.8. The van der Waals surface area contributed by atoms with Gasteiger partial charge in [0.05, 0.1) is 5.75 Å². The fourth-order valence-electron chi connectivity index (χ4n) is 1.66. The van der Waals surface area contributed by atoms with Crippen LogP contribution in [-0.4, -0.2) is 38.0 Å². The van der Waals surface area contributed by atoms with Gasteiger partial charge in [0.15, 0.2) is 5.16 Å². The van der Waals surface area contributed by atoms with Crippen LogP contribution >= 0.6 is 11.8 Å². The van der Waals surface area contributed by atoms with Gasteiger partial charge in [-0.25, -0.2) is 0 Å². The second kappa shape index (κ2) is 8.21. The van der Waals surface area contributed by atoms with Crippen LogP contribution in [0.25, 0.3) is 0 Å². The summed E-state index contributed by atoms with van der Waals surface area (Å²) in [6.45, 7) is 4.77. The highest BCUT2D eigenvalue weighted by Crippen LogP contribution is 2.14. The minimum Gasteiger partial charge on any atom is -0.352 e. The monoisotopic (exact) mass is 303 g/mol. The summed E-state index contributed by atoms with van der Waals surface area (Å²) in [6, 6.07) is 5.85. The number of aryl methyl sites for hydroxylation is 2. The Morgan fingerprint density at radius 3 is 3.14 bits per heavy atom. The lowest BCUT2D eigenvalue weighted by molar-refractivity contribution is -0.118. The molecule has 0 fully saturated rings. The number of rotatable bonds is 8. The molecule has 0 bridgehead atoms. The molecule has 21 heavy (non-hydrogen) atoms. The first-order valence-electron chi connectivity index (χ1n) is 6.57. The lowest BCUT2D eigenvalue weighted by atomic mass is 10.3. The summed E-state index contributed by atoms with van der Waals surface area (Å²) in [5.41, 5.74) is 1.02. The van der Waals surface area contributed by atoms with Gasteiger partial charge in [-0.15, -0.1) is 16.8 Å². The van der Waals surface area contributed by atoms with E-state index in [1.54, 1.807) is 18.6 Å². The van der Waals surface area contributed by atoms with Crippen LogP contribution in [0.4, 0.5) is 0 Å². The molecular weight excluding hydrogens is 286 g/mol. The maximum atomic E-state index is 11.5. The van der Waals surface area contributed by atoms with E-state index in [0.717, 1.165) is 23.8 Å². The van der Waals surface area contributed by atoms with Crippen molar-refractivity contribution in [2.75, 3.05) is 12.3 Å². The van der Waals surface area contributed by atoms with E-state index in [-0.39, 0.29) is 5.91 Å². The summed E-state index contributed by atoms with van der Waals surface area (Å²) in [5.74, 6) is 0.273. The number of aromatic nitrogens is 4. The maximum Gasteiger partial charge on any atom is 0.230 e. The number of thioether (sulfide) groups is 1. The molecule has 0 aromatic carbocycles. The molecule has 0 aliphatic rings. The summed E-state index contributed by atoms with van der Waals surface area (Å²) in [5, 5.41) is 11.4. The molecule has 2 aromatic heterocycles. The molecular formula is C14H17N5OS. The third-order valence-electron chi connectivity index (χ3n) is 2.69. The minimum atomic E-state index is -0.0424. The van der Waals surface area contributed by atoms with Crippen molar-refractivity contribution in [3.05, 3.63) is 49.1 Å². The summed E-state index contributed by atoms with van der Waals surface area (Å²) >= 11 is 1.37. The molecule has 0 radical (unpaired) electrons. The maximum absolute atomic E-state index is 11.5. The van der Waals surface area contributed by atoms with Crippen LogP contribution in [0.5, 0.6) is 0 Å². The zero-order valence-electron chi connectivity index (χ0n) is 11.6. The molecule has 110 valence electrons. The average molecular weight is 303 g/mol. The lowest BCUT2D eigenvalue weighted by Crippen LogP contribution is -2.25. The highest BCUT2D eigenvalue weighted by Gasteiger charge is 2.08. The van der Waals surface area contributed by atoms with Gasteiger partial charge < -0.3 is 9.88 Å². The molecule has 2 rings (SSSR count). The Bertz CT molecular complexity index is 584. The molecule has 1 N–H and O–H groups in total. The number of carbonyl (C=O) groups excluding carboxylic acids is 1. The molecule has 0 saturated heterocycles. The molecule has 0 aliphatic heterocycles. The number of hydrogen-bond acceptors (Lipinski definition) is 5. The van der Waals surface area contributed by atoms with Crippen LogP contribution in [0.1, 0.15) is 5.69 Å². The number of carbonyl (C=O) groups is 1. The number of pyridine rings is 1. The first kappa shape index (κ1) is 15.2. The number of hydrogen-bond donors (Lipinski definition) is 1. The van der Waals surface area contributed by atoms with E-state index in [0.29, 0.717) is 12.3 Å². The normalized spacial score (nSPS) is 10.3. The number of nitrogens with one attached hydrogen (secondary N) is 1. The Morgan fingerprint density at radius 2 is 2.38 bits per heavy atom. The Morgan fingerprint density at radius 1 is 1.48 bits per heavy atom. The predicted molar refractivity (Wildman–Crippen MR) is 81.9 cm³/mol. The van der Waals surface area contributed by atoms with Gasteiger partial charge in [-0.1, -0.05) is 23.9 Å². The van der Waals surface area contributed by atoms with Crippen LogP contribution in [0.15, 0.2) is 48.5 Å². The van der Waals surface area contributed by atoms with Gasteiger partial charge in [0, 0.05) is 31.4 Å². The summed E-state index contributed by atoms with van der Waals surface area (Å²) < 4.78 is 1.93. The molecule has 2 aromatic rings. The fraction of sp³-hybridized carbons (Fsp3) is 0.286. The summed E-state index contributed by atoms with van der Waals surface area (Å²) in [6.07, 6.45) is 5.90. The Labute approximate surface area is 127 Å². The van der Waals surface area contributed by atoms with Gasteiger partial charge >= 0.3 is 0 Å². The third-order valence-corrected chi connectivity index (χ3v) is 3.67. The van der Waals surface area contributed by atoms with E-state index in [1.165, 1.54) is 11.8 Å². The Kier molecular flexibility index (Phi) is 5.96. The quantitative estimate of drug-likeness (QED) is 0.588. The molecule has 1 amide bonds. The van der Waals surface area contributed by atoms with E-state index in [1.807, 2.05) is 22.8 Å². The first-order chi connectivity index (χ1) is 10.3. The number of amides is 1. The molecule has 0 spiro atoms. The van der Waals surface area contributed by atoms with Crippen molar-refractivity contribution in [3.63, 3.8) is 0 Å². The standard InChI is InChI=1S/C14H17N5OS/c1-2-7-16-13(20)10-21-14-18-17-11-19(14)9-6-12-5-3-4-8-15-12/h2-5,8,11H,1,6-7,9-10H2,(H,16,20). The highest BCUT2D eigenvalue weighted by atomic mass is 32.2. The average Bonchev–Trinajstić information content (AvgIpc) is 2.97. The molecule has 0 saturated carbocycles. The highest BCUT2D eigenvalue weighted by molar-refractivity contribution is 7.99. The van der Waals surface area contributed by atoms with Crippen LogP contribution in [0.2, 0.25) is 0 Å². The Balaban J connectivity index is 1.84. The SMILES string of the molecule is C=CCNC(=O)CSc1nncn1CCc1ccccn1. The lowest BCUT2D eigenvalue weighted by Gasteiger charge is -2.06. The van der Waals surface area contributed by atoms with E-state index in [4.69, 9.17) is 0 Å². The molecule has 7 heteroatoms. The van der Waals surface area contributed by atoms with Gasteiger partial charge in [0.25, 0.3) is 0 Å². The van der Waals surface area contributed by atoms with E-state index < -0.39 is 0 Å². The van der Waals surface area contributed by atoms with Gasteiger partial charge in [-0.05, 0) is 12.1 Å². The summed E-state index contributed by atoms with van der Waals surface area (Å²) in [7, 11) is 0. The van der Waals surface area contributed by atoms with Crippen molar-refractivity contribution >= 4 is 17.7 Å². The first-order valence-corrected chi connectivity index (χ1v) is 7.56. The van der Waals surface area contributed by atoms with Gasteiger partial charge in [-0.3, -0.25) is 9.78 Å². The van der Waals surface area contributed by atoms with Crippen molar-refractivity contribution < 1.29 is 4.79 Å². The van der Waals surface area contributed by atoms with Gasteiger partial charge in [0.1, 0.15) is 6.33 Å². The molecule has 0 atom stereocenters. The molecule has 0 unspecified atom stereocenters. The second-order valence-electron chi connectivity index (χ2n) is 4.26. The van der Waals surface area contributed by atoms with Crippen molar-refractivity contribution in [1.29, 1.82) is 0 Å². The minimum absolute atomic E-state index is 0.0424. The van der Waals surface area contributed by atoms with E-state index in [9.17, 15) is 4.79 Å². The van der Waals surface area contributed by atoms with E-state index in [2.05, 4.69) is 27.1 Å². The molecule has 2 heterocycles. The third kappa shape index (κ3) is 5.03. The largest absolute Gasteiger partial charge is 0.352 e. The van der Waals surface area contributed by atoms with Gasteiger partial charge in [-0.2, -0.15) is 0 Å². The van der Waals surface area contributed by atoms with Crippen molar-refractivity contribution in [3.8, 4) is 0 Å². The van der Waals surface area contributed by atoms with Gasteiger partial charge in [0.2, 0.25) is 5.91 Å². The Hall–Kier alpha value is -2.15. The molecule has 6 nitrogen and oxygen atoms in total.